The number of phenols is 1. The van der Waals surface area contributed by atoms with Crippen molar-refractivity contribution >= 4 is 28.7 Å². The first-order valence-electron chi connectivity index (χ1n) is 12.8. The Morgan fingerprint density at radius 2 is 1.57 bits per heavy atom. The minimum absolute atomic E-state index is 0.0280. The van der Waals surface area contributed by atoms with Crippen molar-refractivity contribution in [1.82, 2.24) is 9.88 Å². The van der Waals surface area contributed by atoms with Crippen LogP contribution in [0.5, 0.6) is 5.75 Å². The van der Waals surface area contributed by atoms with Gasteiger partial charge in [0.2, 0.25) is 0 Å². The summed E-state index contributed by atoms with van der Waals surface area (Å²) in [5.74, 6) is -0.0592. The molecule has 1 aliphatic heterocycles. The first-order valence-corrected chi connectivity index (χ1v) is 13.9. The van der Waals surface area contributed by atoms with Crippen LogP contribution in [0.4, 0.5) is 31.1 Å². The van der Waals surface area contributed by atoms with Gasteiger partial charge in [0.25, 0.3) is 0 Å². The quantitative estimate of drug-likeness (QED) is 0.155. The number of aliphatic hydroxyl groups excluding tert-OH is 1. The van der Waals surface area contributed by atoms with E-state index in [1.807, 2.05) is 36.4 Å². The predicted molar refractivity (Wildman–Crippen MR) is 149 cm³/mol. The molecule has 0 saturated carbocycles. The number of amides is 1. The number of pyridine rings is 1. The van der Waals surface area contributed by atoms with Crippen molar-refractivity contribution in [2.24, 2.45) is 0 Å². The van der Waals surface area contributed by atoms with Gasteiger partial charge in [0.15, 0.2) is 0 Å². The van der Waals surface area contributed by atoms with E-state index in [9.17, 15) is 41.4 Å². The maximum absolute atomic E-state index is 13.4. The molecule has 42 heavy (non-hydrogen) atoms. The molecule has 226 valence electrons. The molecular weight excluding hydrogens is 681 g/mol. The number of alkyl halides is 6. The number of ether oxygens (including phenoxy) is 1. The van der Waals surface area contributed by atoms with E-state index in [-0.39, 0.29) is 31.4 Å². The third kappa shape index (κ3) is 6.77. The van der Waals surface area contributed by atoms with Gasteiger partial charge in [-0.15, -0.1) is 0 Å². The first-order chi connectivity index (χ1) is 19.4. The predicted octanol–water partition coefficient (Wildman–Crippen LogP) is 7.84. The Kier molecular flexibility index (Phi) is 8.76. The van der Waals surface area contributed by atoms with Crippen LogP contribution in [-0.2, 0) is 29.0 Å². The summed E-state index contributed by atoms with van der Waals surface area (Å²) in [7, 11) is 0. The van der Waals surface area contributed by atoms with Gasteiger partial charge in [-0.25, -0.2) is 9.78 Å². The van der Waals surface area contributed by atoms with Gasteiger partial charge >= 0.3 is 18.4 Å². The van der Waals surface area contributed by atoms with Crippen molar-refractivity contribution < 1.29 is 46.1 Å². The summed E-state index contributed by atoms with van der Waals surface area (Å²) < 4.78 is 86.3. The van der Waals surface area contributed by atoms with E-state index in [2.05, 4.69) is 4.98 Å². The topological polar surface area (TPSA) is 82.9 Å². The zero-order chi connectivity index (χ0) is 31.2. The Morgan fingerprint density at radius 3 is 2.12 bits per heavy atom. The molecule has 13 heteroatoms. The van der Waals surface area contributed by atoms with Gasteiger partial charge in [-0.1, -0.05) is 19.9 Å². The van der Waals surface area contributed by atoms with Gasteiger partial charge < -0.3 is 14.9 Å². The van der Waals surface area contributed by atoms with Gasteiger partial charge in [-0.2, -0.15) is 26.3 Å². The lowest BCUT2D eigenvalue weighted by Gasteiger charge is -2.37. The number of carbonyl (C=O) groups is 1. The lowest BCUT2D eigenvalue weighted by Crippen LogP contribution is -2.44. The highest BCUT2D eigenvalue weighted by Crippen LogP contribution is 2.41. The van der Waals surface area contributed by atoms with Crippen LogP contribution in [0.3, 0.4) is 0 Å². The normalized spacial score (nSPS) is 18.3. The summed E-state index contributed by atoms with van der Waals surface area (Å²) in [5.41, 5.74) is -1.96. The van der Waals surface area contributed by atoms with Crippen molar-refractivity contribution in [2.75, 3.05) is 6.61 Å². The number of phenolic OH excluding ortho intramolecular Hbond substituents is 1. The molecule has 0 spiro atoms. The third-order valence-electron chi connectivity index (χ3n) is 7.27. The van der Waals surface area contributed by atoms with Crippen LogP contribution in [0.15, 0.2) is 48.5 Å². The number of benzene rings is 2. The fourth-order valence-corrected chi connectivity index (χ4v) is 5.18. The molecule has 0 radical (unpaired) electrons. The molecule has 0 bridgehead atoms. The van der Waals surface area contributed by atoms with Crippen LogP contribution in [0.25, 0.3) is 11.1 Å². The smallest absolute Gasteiger partial charge is 0.416 e. The molecule has 1 amide bonds. The average Bonchev–Trinajstić information content (AvgIpc) is 2.90. The van der Waals surface area contributed by atoms with Crippen molar-refractivity contribution in [1.29, 1.82) is 0 Å². The average molecular weight is 708 g/mol. The molecule has 1 saturated heterocycles. The fourth-order valence-electron chi connectivity index (χ4n) is 4.71. The maximum atomic E-state index is 13.4. The minimum atomic E-state index is -5.03. The van der Waals surface area contributed by atoms with E-state index < -0.39 is 52.7 Å². The summed E-state index contributed by atoms with van der Waals surface area (Å²) in [6.45, 7) is 5.02. The number of hydrogen-bond acceptors (Lipinski definition) is 5. The summed E-state index contributed by atoms with van der Waals surface area (Å²) >= 11 is 1.98. The van der Waals surface area contributed by atoms with E-state index in [1.165, 1.54) is 11.0 Å². The highest BCUT2D eigenvalue weighted by molar-refractivity contribution is 14.1. The molecule has 2 atom stereocenters. The van der Waals surface area contributed by atoms with Crippen molar-refractivity contribution in [2.45, 2.75) is 63.7 Å². The minimum Gasteiger partial charge on any atom is -0.507 e. The Hall–Kier alpha value is -3.07. The van der Waals surface area contributed by atoms with E-state index in [4.69, 9.17) is 4.74 Å². The second-order valence-electron chi connectivity index (χ2n) is 10.8. The van der Waals surface area contributed by atoms with Gasteiger partial charge in [0.05, 0.1) is 30.0 Å². The van der Waals surface area contributed by atoms with Crippen LogP contribution in [0, 0.1) is 3.70 Å². The fraction of sp³-hybridized carbons (Fsp3) is 0.379. The standard InChI is InChI=1S/C29H27F6IN2O4/c1-15-8-24(16-9-18(28(30,31)32)11-19(10-16)29(33,34)35)42-26(41)38(15)13-22-20(5-7-25(36)37-22)21-12-17(4-6-23(21)40)27(2,3)14-39/h4-7,9-12,15,24,39-40H,8,13-14H2,1-3H3/t15-,24?/m0/s1. The molecule has 1 fully saturated rings. The molecule has 1 unspecified atom stereocenters. The van der Waals surface area contributed by atoms with E-state index >= 15 is 0 Å². The lowest BCUT2D eigenvalue weighted by atomic mass is 9.84. The summed E-state index contributed by atoms with van der Waals surface area (Å²) in [4.78, 5) is 19.0. The van der Waals surface area contributed by atoms with Crippen LogP contribution in [-0.4, -0.2) is 38.8 Å². The van der Waals surface area contributed by atoms with Gasteiger partial charge in [-0.3, -0.25) is 4.90 Å². The van der Waals surface area contributed by atoms with Crippen molar-refractivity contribution in [3.8, 4) is 16.9 Å². The first kappa shape index (κ1) is 31.9. The number of carbonyl (C=O) groups excluding carboxylic acids is 1. The number of aromatic nitrogens is 1. The molecule has 1 aliphatic rings. The number of hydrogen-bond donors (Lipinski definition) is 2. The van der Waals surface area contributed by atoms with Gasteiger partial charge in [-0.05, 0) is 83.1 Å². The number of aromatic hydroxyl groups is 1. The number of nitrogens with zero attached hydrogens (tertiary/aromatic N) is 2. The number of rotatable bonds is 6. The Balaban J connectivity index is 1.66. The van der Waals surface area contributed by atoms with Crippen LogP contribution < -0.4 is 0 Å². The van der Waals surface area contributed by atoms with E-state index in [0.717, 1.165) is 5.56 Å². The van der Waals surface area contributed by atoms with Crippen LogP contribution in [0.1, 0.15) is 61.2 Å². The second kappa shape index (κ2) is 11.5. The zero-order valence-electron chi connectivity index (χ0n) is 22.6. The summed E-state index contributed by atoms with van der Waals surface area (Å²) in [6, 6.07) is 8.85. The monoisotopic (exact) mass is 708 g/mol. The lowest BCUT2D eigenvalue weighted by molar-refractivity contribution is -0.143. The molecule has 0 aliphatic carbocycles. The number of cyclic esters (lactones) is 1. The second-order valence-corrected chi connectivity index (χ2v) is 11.9. The van der Waals surface area contributed by atoms with E-state index in [0.29, 0.717) is 32.7 Å². The van der Waals surface area contributed by atoms with Gasteiger partial charge in [0, 0.05) is 29.0 Å². The molecule has 2 aromatic carbocycles. The molecule has 3 aromatic rings. The van der Waals surface area contributed by atoms with Crippen molar-refractivity contribution in [3.05, 3.63) is 80.2 Å². The Labute approximate surface area is 251 Å². The molecule has 6 nitrogen and oxygen atoms in total. The third-order valence-corrected chi connectivity index (χ3v) is 7.87. The molecular formula is C29H27F6IN2O4. The van der Waals surface area contributed by atoms with Crippen LogP contribution >= 0.6 is 22.6 Å². The number of aliphatic hydroxyl groups is 1. The Bertz CT molecular complexity index is 1460. The molecule has 2 heterocycles. The highest BCUT2D eigenvalue weighted by Gasteiger charge is 2.40. The maximum Gasteiger partial charge on any atom is 0.416 e. The summed E-state index contributed by atoms with van der Waals surface area (Å²) in [6.07, 6.45) is -12.4. The number of halogens is 7. The molecule has 1 aromatic heterocycles. The zero-order valence-corrected chi connectivity index (χ0v) is 24.8. The van der Waals surface area contributed by atoms with Gasteiger partial charge in [0.1, 0.15) is 15.6 Å². The molecule has 2 N–H and O–H groups in total. The Morgan fingerprint density at radius 1 is 0.952 bits per heavy atom. The highest BCUT2D eigenvalue weighted by atomic mass is 127. The van der Waals surface area contributed by atoms with E-state index in [1.54, 1.807) is 31.2 Å². The largest absolute Gasteiger partial charge is 0.507 e. The van der Waals surface area contributed by atoms with Crippen molar-refractivity contribution in [3.63, 3.8) is 0 Å². The SMILES string of the molecule is C[C@H]1CC(c2cc(C(F)(F)F)cc(C(F)(F)F)c2)OC(=O)N1Cc1nc(I)ccc1-c1cc(C(C)(C)CO)ccc1O. The van der Waals surface area contributed by atoms with Crippen LogP contribution in [0.2, 0.25) is 0 Å². The summed E-state index contributed by atoms with van der Waals surface area (Å²) in [5, 5.41) is 20.5. The molecule has 4 rings (SSSR count).